The number of carbonyl (C=O) groups excluding carboxylic acids is 1. The van der Waals surface area contributed by atoms with E-state index in [1.807, 2.05) is 0 Å². The van der Waals surface area contributed by atoms with Crippen molar-refractivity contribution in [2.24, 2.45) is 5.73 Å². The van der Waals surface area contributed by atoms with Gasteiger partial charge in [0.25, 0.3) is 0 Å². The number of carbonyl (C=O) groups is 1. The van der Waals surface area contributed by atoms with Crippen LogP contribution in [0.15, 0.2) is 48.7 Å². The second-order valence-corrected chi connectivity index (χ2v) is 5.87. The van der Waals surface area contributed by atoms with Gasteiger partial charge in [-0.3, -0.25) is 0 Å². The molecule has 0 aliphatic rings. The average molecular weight is 397 g/mol. The lowest BCUT2D eigenvalue weighted by molar-refractivity contribution is -0.137. The molecule has 27 heavy (non-hydrogen) atoms. The molecule has 142 valence electrons. The summed E-state index contributed by atoms with van der Waals surface area (Å²) in [5, 5.41) is 11.7. The Labute approximate surface area is 158 Å². The third kappa shape index (κ3) is 5.49. The Morgan fingerprint density at radius 2 is 1.96 bits per heavy atom. The molecule has 2 amide bonds. The number of anilines is 1. The van der Waals surface area contributed by atoms with E-state index in [0.29, 0.717) is 11.1 Å². The number of amides is 2. The average Bonchev–Trinajstić information content (AvgIpc) is 2.62. The molecule has 0 fully saturated rings. The van der Waals surface area contributed by atoms with Crippen molar-refractivity contribution in [2.75, 3.05) is 5.32 Å². The maximum absolute atomic E-state index is 12.9. The van der Waals surface area contributed by atoms with Gasteiger partial charge in [0.1, 0.15) is 0 Å². The van der Waals surface area contributed by atoms with Gasteiger partial charge >= 0.3 is 12.2 Å². The number of alkyl halides is 3. The van der Waals surface area contributed by atoms with Crippen LogP contribution in [-0.2, 0) is 12.7 Å². The highest BCUT2D eigenvalue weighted by molar-refractivity contribution is 6.31. The van der Waals surface area contributed by atoms with Gasteiger partial charge in [0.2, 0.25) is 0 Å². The van der Waals surface area contributed by atoms with Gasteiger partial charge in [-0.25, -0.2) is 4.79 Å². The summed E-state index contributed by atoms with van der Waals surface area (Å²) in [5.41, 5.74) is 6.34. The van der Waals surface area contributed by atoms with Crippen molar-refractivity contribution in [3.63, 3.8) is 0 Å². The Balaban J connectivity index is 2.03. The van der Waals surface area contributed by atoms with Crippen LogP contribution in [0.25, 0.3) is 5.57 Å². The number of rotatable bonds is 5. The molecule has 5 N–H and O–H groups in total. The Bertz CT molecular complexity index is 881. The predicted octanol–water partition coefficient (Wildman–Crippen LogP) is 4.63. The molecule has 0 atom stereocenters. The molecule has 0 saturated carbocycles. The summed E-state index contributed by atoms with van der Waals surface area (Å²) in [6, 6.07) is 9.45. The minimum Gasteiger partial charge on any atom is -0.404 e. The van der Waals surface area contributed by atoms with Crippen LogP contribution in [0.3, 0.4) is 0 Å². The van der Waals surface area contributed by atoms with Crippen LogP contribution in [-0.4, -0.2) is 12.2 Å². The Kier molecular flexibility index (Phi) is 6.46. The highest BCUT2D eigenvalue weighted by Crippen LogP contribution is 2.36. The minimum absolute atomic E-state index is 0.0323. The molecule has 0 heterocycles. The topological polar surface area (TPSA) is 91.0 Å². The summed E-state index contributed by atoms with van der Waals surface area (Å²) in [4.78, 5) is 12.0. The van der Waals surface area contributed by atoms with Gasteiger partial charge in [-0.15, -0.1) is 0 Å². The molecule has 2 aromatic carbocycles. The lowest BCUT2D eigenvalue weighted by atomic mass is 10.0. The van der Waals surface area contributed by atoms with Crippen LogP contribution in [0.4, 0.5) is 23.7 Å². The minimum atomic E-state index is -4.62. The SMILES string of the molecule is N=C/C(=C\N)c1cccc(CNC(=O)Nc2ccc(Cl)c(C(F)(F)F)c2)c1. The second-order valence-electron chi connectivity index (χ2n) is 5.47. The maximum atomic E-state index is 12.9. The summed E-state index contributed by atoms with van der Waals surface area (Å²) >= 11 is 5.55. The first kappa shape index (κ1) is 20.3. The number of nitrogens with one attached hydrogen (secondary N) is 3. The Morgan fingerprint density at radius 1 is 1.22 bits per heavy atom. The molecule has 0 bridgehead atoms. The zero-order valence-electron chi connectivity index (χ0n) is 13.9. The number of nitrogens with two attached hydrogens (primary N) is 1. The largest absolute Gasteiger partial charge is 0.417 e. The van der Waals surface area contributed by atoms with E-state index < -0.39 is 22.8 Å². The van der Waals surface area contributed by atoms with Gasteiger partial charge in [-0.2, -0.15) is 13.2 Å². The van der Waals surface area contributed by atoms with Crippen molar-refractivity contribution in [3.8, 4) is 0 Å². The van der Waals surface area contributed by atoms with E-state index in [4.69, 9.17) is 22.7 Å². The molecule has 5 nitrogen and oxygen atoms in total. The smallest absolute Gasteiger partial charge is 0.404 e. The van der Waals surface area contributed by atoms with E-state index in [2.05, 4.69) is 10.6 Å². The lowest BCUT2D eigenvalue weighted by Gasteiger charge is -2.12. The molecule has 0 unspecified atom stereocenters. The van der Waals surface area contributed by atoms with Crippen LogP contribution in [0.1, 0.15) is 16.7 Å². The molecule has 2 aromatic rings. The maximum Gasteiger partial charge on any atom is 0.417 e. The fraction of sp³-hybridized carbons (Fsp3) is 0.111. The van der Waals surface area contributed by atoms with Gasteiger partial charge in [0.15, 0.2) is 0 Å². The lowest BCUT2D eigenvalue weighted by Crippen LogP contribution is -2.28. The third-order valence-electron chi connectivity index (χ3n) is 3.58. The number of urea groups is 1. The Hall–Kier alpha value is -3.00. The predicted molar refractivity (Wildman–Crippen MR) is 99.7 cm³/mol. The first-order chi connectivity index (χ1) is 12.7. The van der Waals surface area contributed by atoms with Crippen LogP contribution in [0.2, 0.25) is 5.02 Å². The highest BCUT2D eigenvalue weighted by Gasteiger charge is 2.33. The van der Waals surface area contributed by atoms with E-state index in [-0.39, 0.29) is 12.2 Å². The first-order valence-electron chi connectivity index (χ1n) is 7.68. The molecular formula is C18H16ClF3N4O. The van der Waals surface area contributed by atoms with Gasteiger partial charge < -0.3 is 21.8 Å². The van der Waals surface area contributed by atoms with Crippen LogP contribution < -0.4 is 16.4 Å². The van der Waals surface area contributed by atoms with Crippen LogP contribution >= 0.6 is 11.6 Å². The molecule has 0 aliphatic carbocycles. The monoisotopic (exact) mass is 396 g/mol. The zero-order chi connectivity index (χ0) is 20.0. The number of hydrogen-bond donors (Lipinski definition) is 4. The summed E-state index contributed by atoms with van der Waals surface area (Å²) in [7, 11) is 0. The van der Waals surface area contributed by atoms with Crippen LogP contribution in [0.5, 0.6) is 0 Å². The van der Waals surface area contributed by atoms with Gasteiger partial charge in [0, 0.05) is 30.2 Å². The summed E-state index contributed by atoms with van der Waals surface area (Å²) < 4.78 is 38.6. The molecule has 0 aromatic heterocycles. The zero-order valence-corrected chi connectivity index (χ0v) is 14.7. The molecule has 0 saturated heterocycles. The second kappa shape index (κ2) is 8.59. The molecule has 0 spiro atoms. The van der Waals surface area contributed by atoms with Crippen molar-refractivity contribution >= 4 is 35.1 Å². The fourth-order valence-corrected chi connectivity index (χ4v) is 2.49. The van der Waals surface area contributed by atoms with E-state index in [0.717, 1.165) is 23.9 Å². The van der Waals surface area contributed by atoms with Gasteiger partial charge in [-0.05, 0) is 35.4 Å². The quantitative estimate of drug-likeness (QED) is 0.555. The van der Waals surface area contributed by atoms with Crippen molar-refractivity contribution < 1.29 is 18.0 Å². The number of hydrogen-bond acceptors (Lipinski definition) is 3. The van der Waals surface area contributed by atoms with E-state index in [1.165, 1.54) is 12.3 Å². The van der Waals surface area contributed by atoms with E-state index in [1.54, 1.807) is 24.3 Å². The standard InChI is InChI=1S/C18H16ClF3N4O/c19-16-5-4-14(7-15(16)18(20,21)22)26-17(27)25-10-11-2-1-3-12(6-11)13(8-23)9-24/h1-9,23H,10,24H2,(H2,25,26,27)/b13-9+,23-8?. The summed E-state index contributed by atoms with van der Waals surface area (Å²) in [6.07, 6.45) is -2.21. The van der Waals surface area contributed by atoms with E-state index >= 15 is 0 Å². The first-order valence-corrected chi connectivity index (χ1v) is 8.05. The number of allylic oxidation sites excluding steroid dienone is 1. The normalized spacial score (nSPS) is 11.8. The number of benzene rings is 2. The van der Waals surface area contributed by atoms with Crippen LogP contribution in [0, 0.1) is 5.41 Å². The van der Waals surface area contributed by atoms with Crippen molar-refractivity contribution in [3.05, 3.63) is 70.4 Å². The van der Waals surface area contributed by atoms with Gasteiger partial charge in [-0.1, -0.05) is 29.8 Å². The highest BCUT2D eigenvalue weighted by atomic mass is 35.5. The Morgan fingerprint density at radius 3 is 2.59 bits per heavy atom. The fourth-order valence-electron chi connectivity index (χ4n) is 2.27. The molecule has 0 radical (unpaired) electrons. The summed E-state index contributed by atoms with van der Waals surface area (Å²) in [5.74, 6) is 0. The molecule has 0 aliphatic heterocycles. The van der Waals surface area contributed by atoms with Gasteiger partial charge in [0.05, 0.1) is 10.6 Å². The van der Waals surface area contributed by atoms with E-state index in [9.17, 15) is 18.0 Å². The number of halogens is 4. The molecule has 2 rings (SSSR count). The van der Waals surface area contributed by atoms with Crippen molar-refractivity contribution in [1.29, 1.82) is 5.41 Å². The van der Waals surface area contributed by atoms with Crippen molar-refractivity contribution in [1.82, 2.24) is 5.32 Å². The van der Waals surface area contributed by atoms with Crippen molar-refractivity contribution in [2.45, 2.75) is 12.7 Å². The molecular weight excluding hydrogens is 381 g/mol. The third-order valence-corrected chi connectivity index (χ3v) is 3.91. The molecule has 9 heteroatoms. The summed E-state index contributed by atoms with van der Waals surface area (Å²) in [6.45, 7) is 0.134.